The molecule has 0 N–H and O–H groups in total. The Bertz CT molecular complexity index is 2360. The van der Waals surface area contributed by atoms with E-state index in [1.54, 1.807) is 0 Å². The zero-order valence-electron chi connectivity index (χ0n) is 27.5. The van der Waals surface area contributed by atoms with Gasteiger partial charge < -0.3 is 4.90 Å². The van der Waals surface area contributed by atoms with Crippen molar-refractivity contribution in [2.45, 2.75) is 5.41 Å². The molecule has 2 aliphatic rings. The molecule has 0 aromatic heterocycles. The van der Waals surface area contributed by atoms with E-state index in [2.05, 4.69) is 205 Å². The fourth-order valence-electron chi connectivity index (χ4n) is 8.56. The summed E-state index contributed by atoms with van der Waals surface area (Å²) in [7, 11) is 0. The molecule has 0 atom stereocenters. The van der Waals surface area contributed by atoms with Gasteiger partial charge in [-0.15, -0.1) is 0 Å². The first-order chi connectivity index (χ1) is 24.8. The number of hydrogen-bond acceptors (Lipinski definition) is 1. The minimum Gasteiger partial charge on any atom is -0.310 e. The summed E-state index contributed by atoms with van der Waals surface area (Å²) in [5.74, 6) is 0. The summed E-state index contributed by atoms with van der Waals surface area (Å²) in [5.41, 5.74) is 18.5. The van der Waals surface area contributed by atoms with Crippen LogP contribution in [-0.4, -0.2) is 0 Å². The van der Waals surface area contributed by atoms with Crippen molar-refractivity contribution < 1.29 is 0 Å². The number of benzene rings is 8. The molecule has 0 heterocycles. The van der Waals surface area contributed by atoms with Crippen LogP contribution in [0.5, 0.6) is 0 Å². The van der Waals surface area contributed by atoms with Crippen LogP contribution in [0.1, 0.15) is 22.3 Å². The lowest BCUT2D eigenvalue weighted by Crippen LogP contribution is -2.26. The summed E-state index contributed by atoms with van der Waals surface area (Å²) in [4.78, 5) is 2.40. The molecule has 0 amide bonds. The molecule has 0 unspecified atom stereocenters. The first kappa shape index (κ1) is 28.6. The SMILES string of the molecule is c1ccc(-c2ccc(N(c3ccc(-c4ccccc4)cc3)c3cccc(C45c6ccccc6-c6cccc(c64)-c4ccccc45)c3)cc2)cc1. The monoisotopic (exact) mass is 635 g/mol. The highest BCUT2D eigenvalue weighted by atomic mass is 15.1. The lowest BCUT2D eigenvalue weighted by Gasteiger charge is -2.33. The lowest BCUT2D eigenvalue weighted by atomic mass is 9.70. The Labute approximate surface area is 293 Å². The summed E-state index contributed by atoms with van der Waals surface area (Å²) in [5, 5.41) is 0. The van der Waals surface area contributed by atoms with Crippen molar-refractivity contribution in [1.29, 1.82) is 0 Å². The molecule has 0 bridgehead atoms. The van der Waals surface area contributed by atoms with Gasteiger partial charge in [0.1, 0.15) is 0 Å². The van der Waals surface area contributed by atoms with Crippen molar-refractivity contribution in [2.75, 3.05) is 4.90 Å². The summed E-state index contributed by atoms with van der Waals surface area (Å²) in [6, 6.07) is 73.3. The highest BCUT2D eigenvalue weighted by Gasteiger charge is 2.52. The quantitative estimate of drug-likeness (QED) is 0.176. The molecule has 10 rings (SSSR count). The minimum atomic E-state index is -0.394. The van der Waals surface area contributed by atoms with E-state index in [9.17, 15) is 0 Å². The molecule has 50 heavy (non-hydrogen) atoms. The van der Waals surface area contributed by atoms with Crippen LogP contribution >= 0.6 is 0 Å². The maximum atomic E-state index is 2.43. The Kier molecular flexibility index (Phi) is 6.47. The van der Waals surface area contributed by atoms with E-state index < -0.39 is 5.41 Å². The zero-order chi connectivity index (χ0) is 33.1. The second-order valence-electron chi connectivity index (χ2n) is 13.3. The van der Waals surface area contributed by atoms with Crippen molar-refractivity contribution >= 4 is 17.1 Å². The summed E-state index contributed by atoms with van der Waals surface area (Å²) < 4.78 is 0. The fourth-order valence-corrected chi connectivity index (χ4v) is 8.56. The van der Waals surface area contributed by atoms with E-state index in [0.717, 1.165) is 17.1 Å². The van der Waals surface area contributed by atoms with Gasteiger partial charge >= 0.3 is 0 Å². The third-order valence-electron chi connectivity index (χ3n) is 10.7. The standard InChI is InChI=1S/C49H33N/c1-3-13-34(14-4-1)36-25-29-39(30-26-36)50(40-31-27-37(28-32-40)35-15-5-2-6-16-35)41-18-11-17-38(33-41)49-46-23-9-7-19-42(46)44-21-12-22-45(48(44)49)43-20-8-10-24-47(43)49/h1-33H. The van der Waals surface area contributed by atoms with Gasteiger partial charge in [-0.1, -0.05) is 164 Å². The topological polar surface area (TPSA) is 3.24 Å². The van der Waals surface area contributed by atoms with Gasteiger partial charge in [-0.25, -0.2) is 0 Å². The number of nitrogens with zero attached hydrogens (tertiary/aromatic N) is 1. The van der Waals surface area contributed by atoms with E-state index in [0.29, 0.717) is 0 Å². The average molecular weight is 636 g/mol. The second-order valence-corrected chi connectivity index (χ2v) is 13.3. The molecule has 8 aromatic rings. The molecule has 8 aromatic carbocycles. The highest BCUT2D eigenvalue weighted by Crippen LogP contribution is 2.64. The average Bonchev–Trinajstić information content (AvgIpc) is 3.68. The van der Waals surface area contributed by atoms with Gasteiger partial charge in [0, 0.05) is 17.1 Å². The van der Waals surface area contributed by atoms with E-state index in [-0.39, 0.29) is 0 Å². The third-order valence-corrected chi connectivity index (χ3v) is 10.7. The van der Waals surface area contributed by atoms with Crippen molar-refractivity contribution in [3.63, 3.8) is 0 Å². The van der Waals surface area contributed by atoms with Crippen molar-refractivity contribution in [2.24, 2.45) is 0 Å². The van der Waals surface area contributed by atoms with Crippen molar-refractivity contribution in [3.05, 3.63) is 222 Å². The zero-order valence-corrected chi connectivity index (χ0v) is 27.5. The van der Waals surface area contributed by atoms with Crippen molar-refractivity contribution in [1.82, 2.24) is 0 Å². The molecule has 0 fully saturated rings. The predicted octanol–water partition coefficient (Wildman–Crippen LogP) is 12.8. The molecule has 2 aliphatic carbocycles. The van der Waals surface area contributed by atoms with Crippen LogP contribution in [0.15, 0.2) is 200 Å². The number of anilines is 3. The summed E-state index contributed by atoms with van der Waals surface area (Å²) in [6.45, 7) is 0. The van der Waals surface area contributed by atoms with Gasteiger partial charge in [0.25, 0.3) is 0 Å². The predicted molar refractivity (Wildman–Crippen MR) is 208 cm³/mol. The van der Waals surface area contributed by atoms with E-state index in [4.69, 9.17) is 0 Å². The van der Waals surface area contributed by atoms with Gasteiger partial charge in [-0.05, 0) is 103 Å². The van der Waals surface area contributed by atoms with Gasteiger partial charge in [-0.2, -0.15) is 0 Å². The smallest absolute Gasteiger partial charge is 0.0726 e. The maximum Gasteiger partial charge on any atom is 0.0726 e. The Morgan fingerprint density at radius 2 is 0.720 bits per heavy atom. The van der Waals surface area contributed by atoms with Crippen LogP contribution in [0, 0.1) is 0 Å². The molecule has 1 heteroatoms. The maximum absolute atomic E-state index is 2.43. The second kappa shape index (κ2) is 11.3. The van der Waals surface area contributed by atoms with Crippen LogP contribution < -0.4 is 4.90 Å². The normalized spacial score (nSPS) is 13.0. The molecule has 0 saturated heterocycles. The van der Waals surface area contributed by atoms with Gasteiger partial charge in [-0.3, -0.25) is 0 Å². The van der Waals surface area contributed by atoms with E-state index >= 15 is 0 Å². The van der Waals surface area contributed by atoms with Gasteiger partial charge in [0.05, 0.1) is 5.41 Å². The molecule has 0 saturated carbocycles. The lowest BCUT2D eigenvalue weighted by molar-refractivity contribution is 0.792. The van der Waals surface area contributed by atoms with Crippen LogP contribution in [-0.2, 0) is 5.41 Å². The van der Waals surface area contributed by atoms with Crippen LogP contribution in [0.4, 0.5) is 17.1 Å². The Morgan fingerprint density at radius 3 is 1.24 bits per heavy atom. The number of rotatable bonds is 6. The third kappa shape index (κ3) is 4.20. The molecular weight excluding hydrogens is 603 g/mol. The van der Waals surface area contributed by atoms with Crippen LogP contribution in [0.2, 0.25) is 0 Å². The Morgan fingerprint density at radius 1 is 0.300 bits per heavy atom. The molecule has 0 aliphatic heterocycles. The number of hydrogen-bond donors (Lipinski definition) is 0. The first-order valence-corrected chi connectivity index (χ1v) is 17.4. The van der Waals surface area contributed by atoms with Crippen molar-refractivity contribution in [3.8, 4) is 44.5 Å². The summed E-state index contributed by atoms with van der Waals surface area (Å²) in [6.07, 6.45) is 0. The molecule has 0 spiro atoms. The first-order valence-electron chi connectivity index (χ1n) is 17.4. The van der Waals surface area contributed by atoms with Gasteiger partial charge in [0.15, 0.2) is 0 Å². The molecular formula is C49H33N. The molecule has 1 nitrogen and oxygen atoms in total. The highest BCUT2D eigenvalue weighted by molar-refractivity contribution is 5.99. The Hall–Kier alpha value is -6.44. The largest absolute Gasteiger partial charge is 0.310 e. The van der Waals surface area contributed by atoms with E-state index in [1.807, 2.05) is 0 Å². The van der Waals surface area contributed by atoms with Crippen LogP contribution in [0.25, 0.3) is 44.5 Å². The molecule has 234 valence electrons. The van der Waals surface area contributed by atoms with Gasteiger partial charge in [0.2, 0.25) is 0 Å². The number of fused-ring (bicyclic) bond motifs is 6. The molecule has 0 radical (unpaired) electrons. The Balaban J connectivity index is 1.17. The van der Waals surface area contributed by atoms with Crippen LogP contribution in [0.3, 0.4) is 0 Å². The summed E-state index contributed by atoms with van der Waals surface area (Å²) >= 11 is 0. The minimum absolute atomic E-state index is 0.394. The fraction of sp³-hybridized carbons (Fsp3) is 0.0204. The van der Waals surface area contributed by atoms with E-state index in [1.165, 1.54) is 66.8 Å².